The van der Waals surface area contributed by atoms with Gasteiger partial charge in [-0.25, -0.2) is 0 Å². The molecule has 0 saturated heterocycles. The lowest BCUT2D eigenvalue weighted by atomic mass is 10.2. The molecule has 3 nitrogen and oxygen atoms in total. The van der Waals surface area contributed by atoms with E-state index in [0.717, 1.165) is 40.8 Å². The molecule has 1 aliphatic rings. The Kier molecular flexibility index (Phi) is 3.88. The molecule has 0 radical (unpaired) electrons. The molecule has 1 heterocycles. The summed E-state index contributed by atoms with van der Waals surface area (Å²) in [4.78, 5) is 4.44. The minimum absolute atomic E-state index is 0.491. The zero-order chi connectivity index (χ0) is 13.8. The van der Waals surface area contributed by atoms with Crippen molar-refractivity contribution in [3.05, 3.63) is 64.7 Å². The van der Waals surface area contributed by atoms with Crippen LogP contribution in [0.5, 0.6) is 5.75 Å². The molecule has 0 fully saturated rings. The largest absolute Gasteiger partial charge is 0.488 e. The second-order valence-electron chi connectivity index (χ2n) is 4.57. The van der Waals surface area contributed by atoms with E-state index in [9.17, 15) is 0 Å². The van der Waals surface area contributed by atoms with Crippen LogP contribution >= 0.6 is 11.6 Å². The lowest BCUT2D eigenvalue weighted by molar-refractivity contribution is 0.305. The van der Waals surface area contributed by atoms with Gasteiger partial charge in [0.15, 0.2) is 0 Å². The summed E-state index contributed by atoms with van der Waals surface area (Å²) in [6.45, 7) is 2.20. The van der Waals surface area contributed by atoms with Gasteiger partial charge in [0.2, 0.25) is 0 Å². The molecular formula is C16H15ClN2O. The minimum atomic E-state index is 0.491. The highest BCUT2D eigenvalue weighted by Crippen LogP contribution is 2.21. The van der Waals surface area contributed by atoms with Crippen molar-refractivity contribution in [1.29, 1.82) is 0 Å². The summed E-state index contributed by atoms with van der Waals surface area (Å²) in [5.41, 5.74) is 2.06. The van der Waals surface area contributed by atoms with Crippen LogP contribution in [0.4, 0.5) is 0 Å². The first kappa shape index (κ1) is 13.0. The van der Waals surface area contributed by atoms with Crippen molar-refractivity contribution in [3.8, 4) is 5.75 Å². The number of para-hydroxylation sites is 1. The van der Waals surface area contributed by atoms with Crippen LogP contribution in [-0.2, 0) is 6.61 Å². The minimum Gasteiger partial charge on any atom is -0.488 e. The van der Waals surface area contributed by atoms with Gasteiger partial charge < -0.3 is 10.1 Å². The number of amidine groups is 1. The predicted octanol–water partition coefficient (Wildman–Crippen LogP) is 3.27. The number of nitrogens with zero attached hydrogens (tertiary/aromatic N) is 1. The Labute approximate surface area is 123 Å². The van der Waals surface area contributed by atoms with E-state index in [1.54, 1.807) is 0 Å². The molecule has 1 N–H and O–H groups in total. The van der Waals surface area contributed by atoms with Crippen LogP contribution in [0.1, 0.15) is 11.1 Å². The standard InChI is InChI=1S/C16H15ClN2O/c17-13-5-3-4-12(10-13)11-20-15-7-2-1-6-14(15)16-18-8-9-19-16/h1-7,10H,8-9,11H2,(H,18,19). The monoisotopic (exact) mass is 286 g/mol. The number of benzene rings is 2. The summed E-state index contributed by atoms with van der Waals surface area (Å²) in [5.74, 6) is 1.74. The molecule has 2 aromatic carbocycles. The van der Waals surface area contributed by atoms with E-state index in [0.29, 0.717) is 6.61 Å². The molecule has 3 rings (SSSR count). The smallest absolute Gasteiger partial charge is 0.132 e. The average Bonchev–Trinajstić information content (AvgIpc) is 3.00. The number of ether oxygens (including phenoxy) is 1. The van der Waals surface area contributed by atoms with Crippen molar-refractivity contribution in [3.63, 3.8) is 0 Å². The summed E-state index contributed by atoms with van der Waals surface area (Å²) in [5, 5.41) is 3.99. The first-order chi connectivity index (χ1) is 9.83. The molecule has 0 amide bonds. The maximum absolute atomic E-state index is 5.98. The molecule has 0 aliphatic carbocycles. The fourth-order valence-electron chi connectivity index (χ4n) is 2.15. The highest BCUT2D eigenvalue weighted by atomic mass is 35.5. The zero-order valence-electron chi connectivity index (χ0n) is 11.0. The Morgan fingerprint density at radius 3 is 2.85 bits per heavy atom. The summed E-state index contributed by atoms with van der Waals surface area (Å²) in [6.07, 6.45) is 0. The van der Waals surface area contributed by atoms with Gasteiger partial charge in [0.25, 0.3) is 0 Å². The summed E-state index contributed by atoms with van der Waals surface area (Å²) >= 11 is 5.98. The average molecular weight is 287 g/mol. The number of nitrogens with one attached hydrogen (secondary N) is 1. The second kappa shape index (κ2) is 5.97. The normalized spacial score (nSPS) is 13.8. The van der Waals surface area contributed by atoms with Crippen LogP contribution in [-0.4, -0.2) is 18.9 Å². The second-order valence-corrected chi connectivity index (χ2v) is 5.01. The van der Waals surface area contributed by atoms with Crippen LogP contribution in [0.15, 0.2) is 53.5 Å². The number of hydrogen-bond donors (Lipinski definition) is 1. The van der Waals surface area contributed by atoms with E-state index in [1.165, 1.54) is 0 Å². The maximum Gasteiger partial charge on any atom is 0.132 e. The molecule has 0 aromatic heterocycles. The zero-order valence-corrected chi connectivity index (χ0v) is 11.7. The fourth-order valence-corrected chi connectivity index (χ4v) is 2.37. The lowest BCUT2D eigenvalue weighted by Crippen LogP contribution is -2.20. The predicted molar refractivity (Wildman–Crippen MR) is 81.6 cm³/mol. The summed E-state index contributed by atoms with van der Waals surface area (Å²) in [7, 11) is 0. The van der Waals surface area contributed by atoms with Gasteiger partial charge in [-0.3, -0.25) is 4.99 Å². The Morgan fingerprint density at radius 1 is 1.15 bits per heavy atom. The van der Waals surface area contributed by atoms with Crippen LogP contribution in [0.25, 0.3) is 0 Å². The molecule has 0 unspecified atom stereocenters. The highest BCUT2D eigenvalue weighted by molar-refractivity contribution is 6.30. The van der Waals surface area contributed by atoms with E-state index in [1.807, 2.05) is 48.5 Å². The Bertz CT molecular complexity index is 640. The third-order valence-corrected chi connectivity index (χ3v) is 3.33. The quantitative estimate of drug-likeness (QED) is 0.936. The van der Waals surface area contributed by atoms with E-state index >= 15 is 0 Å². The van der Waals surface area contributed by atoms with Crippen molar-refractivity contribution in [1.82, 2.24) is 5.32 Å². The van der Waals surface area contributed by atoms with Crippen molar-refractivity contribution in [2.24, 2.45) is 4.99 Å². The topological polar surface area (TPSA) is 33.6 Å². The molecule has 0 bridgehead atoms. The molecule has 1 aliphatic heterocycles. The van der Waals surface area contributed by atoms with Gasteiger partial charge in [-0.1, -0.05) is 35.9 Å². The summed E-state index contributed by atoms with van der Waals surface area (Å²) < 4.78 is 5.91. The van der Waals surface area contributed by atoms with Gasteiger partial charge >= 0.3 is 0 Å². The lowest BCUT2D eigenvalue weighted by Gasteiger charge is -2.12. The van der Waals surface area contributed by atoms with Gasteiger partial charge in [-0.15, -0.1) is 0 Å². The van der Waals surface area contributed by atoms with Gasteiger partial charge in [0, 0.05) is 11.6 Å². The Morgan fingerprint density at radius 2 is 2.05 bits per heavy atom. The van der Waals surface area contributed by atoms with Crippen LogP contribution < -0.4 is 10.1 Å². The van der Waals surface area contributed by atoms with Gasteiger partial charge in [0.05, 0.1) is 12.1 Å². The third-order valence-electron chi connectivity index (χ3n) is 3.10. The van der Waals surface area contributed by atoms with Gasteiger partial charge in [-0.05, 0) is 29.8 Å². The molecule has 2 aromatic rings. The Balaban J connectivity index is 1.77. The van der Waals surface area contributed by atoms with Gasteiger partial charge in [-0.2, -0.15) is 0 Å². The van der Waals surface area contributed by atoms with Crippen molar-refractivity contribution in [2.45, 2.75) is 6.61 Å². The van der Waals surface area contributed by atoms with Crippen molar-refractivity contribution in [2.75, 3.05) is 13.1 Å². The van der Waals surface area contributed by atoms with Crippen molar-refractivity contribution < 1.29 is 4.74 Å². The number of aliphatic imine (C=N–C) groups is 1. The van der Waals surface area contributed by atoms with Crippen LogP contribution in [0.2, 0.25) is 5.02 Å². The Hall–Kier alpha value is -2.00. The molecule has 4 heteroatoms. The number of hydrogen-bond acceptors (Lipinski definition) is 3. The molecule has 20 heavy (non-hydrogen) atoms. The van der Waals surface area contributed by atoms with Crippen LogP contribution in [0, 0.1) is 0 Å². The highest BCUT2D eigenvalue weighted by Gasteiger charge is 2.12. The first-order valence-corrected chi connectivity index (χ1v) is 6.96. The number of halogens is 1. The summed E-state index contributed by atoms with van der Waals surface area (Å²) in [6, 6.07) is 15.6. The van der Waals surface area contributed by atoms with E-state index in [2.05, 4.69) is 10.3 Å². The first-order valence-electron chi connectivity index (χ1n) is 6.58. The molecule has 0 saturated carbocycles. The number of rotatable bonds is 4. The molecule has 0 spiro atoms. The fraction of sp³-hybridized carbons (Fsp3) is 0.188. The molecule has 102 valence electrons. The van der Waals surface area contributed by atoms with E-state index in [4.69, 9.17) is 16.3 Å². The van der Waals surface area contributed by atoms with Crippen molar-refractivity contribution >= 4 is 17.4 Å². The molecular weight excluding hydrogens is 272 g/mol. The maximum atomic E-state index is 5.98. The molecule has 0 atom stereocenters. The van der Waals surface area contributed by atoms with E-state index in [-0.39, 0.29) is 0 Å². The van der Waals surface area contributed by atoms with Gasteiger partial charge in [0.1, 0.15) is 18.2 Å². The third kappa shape index (κ3) is 2.94. The SMILES string of the molecule is Clc1cccc(COc2ccccc2C2=NCCN2)c1. The van der Waals surface area contributed by atoms with E-state index < -0.39 is 0 Å². The van der Waals surface area contributed by atoms with Crippen LogP contribution in [0.3, 0.4) is 0 Å².